The number of hydrogen-bond acceptors (Lipinski definition) is 2. The first-order valence-electron chi connectivity index (χ1n) is 9.57. The molecule has 1 N–H and O–H groups in total. The van der Waals surface area contributed by atoms with E-state index in [-0.39, 0.29) is 11.7 Å². The molecule has 0 unspecified atom stereocenters. The number of anilines is 1. The van der Waals surface area contributed by atoms with Gasteiger partial charge in [0.15, 0.2) is 0 Å². The highest BCUT2D eigenvalue weighted by Gasteiger charge is 2.24. The van der Waals surface area contributed by atoms with Crippen molar-refractivity contribution >= 4 is 22.5 Å². The largest absolute Gasteiger partial charge is 0.326 e. The van der Waals surface area contributed by atoms with Crippen molar-refractivity contribution in [1.82, 2.24) is 4.98 Å². The number of carbonyl (C=O) groups is 1. The fourth-order valence-corrected chi connectivity index (χ4v) is 4.02. The minimum Gasteiger partial charge on any atom is -0.326 e. The Morgan fingerprint density at radius 1 is 1.04 bits per heavy atom. The lowest BCUT2D eigenvalue weighted by atomic mass is 9.77. The molecule has 0 radical (unpaired) electrons. The molecular weight excluding hydrogens is 339 g/mol. The summed E-state index contributed by atoms with van der Waals surface area (Å²) in [7, 11) is 0. The topological polar surface area (TPSA) is 42.0 Å². The molecule has 1 aliphatic carbocycles. The molecule has 1 aromatic heterocycles. The van der Waals surface area contributed by atoms with Crippen molar-refractivity contribution in [1.29, 1.82) is 0 Å². The van der Waals surface area contributed by atoms with Crippen LogP contribution in [0.25, 0.3) is 10.9 Å². The van der Waals surface area contributed by atoms with Crippen LogP contribution in [0, 0.1) is 11.7 Å². The summed E-state index contributed by atoms with van der Waals surface area (Å²) in [5.41, 5.74) is 2.99. The molecule has 0 bridgehead atoms. The molecule has 138 valence electrons. The van der Waals surface area contributed by atoms with E-state index in [1.165, 1.54) is 23.1 Å². The van der Waals surface area contributed by atoms with Gasteiger partial charge in [0.05, 0.1) is 5.52 Å². The zero-order valence-electron chi connectivity index (χ0n) is 15.2. The van der Waals surface area contributed by atoms with Gasteiger partial charge in [-0.2, -0.15) is 0 Å². The van der Waals surface area contributed by atoms with Gasteiger partial charge in [-0.3, -0.25) is 9.78 Å². The number of fused-ring (bicyclic) bond motifs is 1. The number of halogens is 1. The molecule has 1 aliphatic rings. The summed E-state index contributed by atoms with van der Waals surface area (Å²) < 4.78 is 12.9. The van der Waals surface area contributed by atoms with E-state index in [1.54, 1.807) is 12.1 Å². The molecular formula is C23H23FN2O. The molecule has 1 amide bonds. The quantitative estimate of drug-likeness (QED) is 0.649. The Morgan fingerprint density at radius 3 is 2.56 bits per heavy atom. The van der Waals surface area contributed by atoms with Crippen LogP contribution in [0.15, 0.2) is 60.8 Å². The highest BCUT2D eigenvalue weighted by molar-refractivity contribution is 5.90. The van der Waals surface area contributed by atoms with Crippen LogP contribution in [0.3, 0.4) is 0 Å². The van der Waals surface area contributed by atoms with E-state index >= 15 is 0 Å². The molecule has 0 aliphatic heterocycles. The Morgan fingerprint density at radius 2 is 1.78 bits per heavy atom. The van der Waals surface area contributed by atoms with Crippen molar-refractivity contribution in [3.05, 3.63) is 72.2 Å². The number of rotatable bonds is 4. The molecule has 0 atom stereocenters. The summed E-state index contributed by atoms with van der Waals surface area (Å²) >= 11 is 0. The summed E-state index contributed by atoms with van der Waals surface area (Å²) in [5, 5.41) is 4.05. The summed E-state index contributed by atoms with van der Waals surface area (Å²) in [6.07, 6.45) is 6.82. The summed E-state index contributed by atoms with van der Waals surface area (Å²) in [5.74, 6) is 0.653. The first-order chi connectivity index (χ1) is 13.2. The van der Waals surface area contributed by atoms with Gasteiger partial charge in [0.2, 0.25) is 5.91 Å². The molecule has 27 heavy (non-hydrogen) atoms. The zero-order chi connectivity index (χ0) is 18.6. The number of aromatic nitrogens is 1. The SMILES string of the molecule is O=C(C[C@H]1CC[C@@H](c2cnc3ccccc3c2)CC1)Nc1ccc(F)cc1. The maximum Gasteiger partial charge on any atom is 0.224 e. The van der Waals surface area contributed by atoms with Gasteiger partial charge in [0, 0.05) is 23.7 Å². The normalized spacial score (nSPS) is 19.7. The fraction of sp³-hybridized carbons (Fsp3) is 0.304. The van der Waals surface area contributed by atoms with Crippen molar-refractivity contribution in [3.63, 3.8) is 0 Å². The Balaban J connectivity index is 1.31. The Labute approximate surface area is 158 Å². The summed E-state index contributed by atoms with van der Waals surface area (Å²) in [6, 6.07) is 16.4. The van der Waals surface area contributed by atoms with Gasteiger partial charge >= 0.3 is 0 Å². The first kappa shape index (κ1) is 17.7. The molecule has 3 aromatic rings. The molecule has 4 heteroatoms. The van der Waals surface area contributed by atoms with Gasteiger partial charge < -0.3 is 5.32 Å². The molecule has 3 nitrogen and oxygen atoms in total. The number of nitrogens with one attached hydrogen (secondary N) is 1. The summed E-state index contributed by atoms with van der Waals surface area (Å²) in [6.45, 7) is 0. The van der Waals surface area contributed by atoms with Crippen LogP contribution in [0.5, 0.6) is 0 Å². The lowest BCUT2D eigenvalue weighted by molar-refractivity contribution is -0.117. The average Bonchev–Trinajstić information content (AvgIpc) is 2.70. The van der Waals surface area contributed by atoms with Crippen LogP contribution in [-0.4, -0.2) is 10.9 Å². The molecule has 2 aromatic carbocycles. The maximum atomic E-state index is 12.9. The van der Waals surface area contributed by atoms with Crippen LogP contribution >= 0.6 is 0 Å². The van der Waals surface area contributed by atoms with Gasteiger partial charge in [0.1, 0.15) is 5.82 Å². The molecule has 1 heterocycles. The van der Waals surface area contributed by atoms with Gasteiger partial charge in [-0.1, -0.05) is 18.2 Å². The van der Waals surface area contributed by atoms with Crippen molar-refractivity contribution in [2.24, 2.45) is 5.92 Å². The molecule has 1 fully saturated rings. The van der Waals surface area contributed by atoms with Crippen molar-refractivity contribution in [3.8, 4) is 0 Å². The second-order valence-corrected chi connectivity index (χ2v) is 7.44. The smallest absolute Gasteiger partial charge is 0.224 e. The summed E-state index contributed by atoms with van der Waals surface area (Å²) in [4.78, 5) is 16.8. The van der Waals surface area contributed by atoms with E-state index in [0.717, 1.165) is 31.2 Å². The van der Waals surface area contributed by atoms with E-state index < -0.39 is 0 Å². The van der Waals surface area contributed by atoms with Crippen molar-refractivity contribution < 1.29 is 9.18 Å². The third-order valence-electron chi connectivity index (χ3n) is 5.53. The molecule has 1 saturated carbocycles. The van der Waals surface area contributed by atoms with Crippen molar-refractivity contribution in [2.75, 3.05) is 5.32 Å². The molecule has 0 spiro atoms. The molecule has 0 saturated heterocycles. The van der Waals surface area contributed by atoms with Crippen LogP contribution in [0.4, 0.5) is 10.1 Å². The van der Waals surface area contributed by atoms with Gasteiger partial charge in [-0.25, -0.2) is 4.39 Å². The standard InChI is InChI=1S/C23H23FN2O/c24-20-9-11-21(12-10-20)26-23(27)13-16-5-7-17(8-6-16)19-14-18-3-1-2-4-22(18)25-15-19/h1-4,9-12,14-17H,5-8,13H2,(H,26,27)/t16-,17+. The van der Waals surface area contributed by atoms with E-state index in [4.69, 9.17) is 0 Å². The fourth-order valence-electron chi connectivity index (χ4n) is 4.02. The number of para-hydroxylation sites is 1. The van der Waals surface area contributed by atoms with Crippen LogP contribution in [-0.2, 0) is 4.79 Å². The maximum absolute atomic E-state index is 12.9. The van der Waals surface area contributed by atoms with Gasteiger partial charge in [-0.05, 0) is 79.5 Å². The number of amides is 1. The number of pyridine rings is 1. The Kier molecular flexibility index (Phi) is 5.14. The van der Waals surface area contributed by atoms with E-state index in [0.29, 0.717) is 23.9 Å². The second-order valence-electron chi connectivity index (χ2n) is 7.44. The number of benzene rings is 2. The third-order valence-corrected chi connectivity index (χ3v) is 5.53. The minimum absolute atomic E-state index is 0.0115. The van der Waals surface area contributed by atoms with Crippen LogP contribution < -0.4 is 5.32 Å². The average molecular weight is 362 g/mol. The van der Waals surface area contributed by atoms with Crippen molar-refractivity contribution in [2.45, 2.75) is 38.0 Å². The van der Waals surface area contributed by atoms with Gasteiger partial charge in [-0.15, -0.1) is 0 Å². The predicted octanol–water partition coefficient (Wildman–Crippen LogP) is 5.68. The number of hydrogen-bond donors (Lipinski definition) is 1. The third kappa shape index (κ3) is 4.33. The Bertz CT molecular complexity index is 931. The minimum atomic E-state index is -0.297. The highest BCUT2D eigenvalue weighted by atomic mass is 19.1. The van der Waals surface area contributed by atoms with Crippen LogP contribution in [0.1, 0.15) is 43.6 Å². The highest BCUT2D eigenvalue weighted by Crippen LogP contribution is 2.37. The van der Waals surface area contributed by atoms with E-state index in [1.807, 2.05) is 24.4 Å². The Hall–Kier alpha value is -2.75. The first-order valence-corrected chi connectivity index (χ1v) is 9.57. The predicted molar refractivity (Wildman–Crippen MR) is 106 cm³/mol. The second kappa shape index (κ2) is 7.87. The van der Waals surface area contributed by atoms with Gasteiger partial charge in [0.25, 0.3) is 0 Å². The monoisotopic (exact) mass is 362 g/mol. The van der Waals surface area contributed by atoms with Crippen LogP contribution in [0.2, 0.25) is 0 Å². The van der Waals surface area contributed by atoms with E-state index in [2.05, 4.69) is 22.4 Å². The van der Waals surface area contributed by atoms with E-state index in [9.17, 15) is 9.18 Å². The number of nitrogens with zero attached hydrogens (tertiary/aromatic N) is 1. The lowest BCUT2D eigenvalue weighted by Crippen LogP contribution is -2.20. The molecule has 4 rings (SSSR count). The number of carbonyl (C=O) groups excluding carboxylic acids is 1. The lowest BCUT2D eigenvalue weighted by Gasteiger charge is -2.28. The zero-order valence-corrected chi connectivity index (χ0v) is 15.2.